The number of ether oxygens (including phenoxy) is 2. The zero-order chi connectivity index (χ0) is 18.6. The Kier molecular flexibility index (Phi) is 5.23. The molecule has 27 heavy (non-hydrogen) atoms. The summed E-state index contributed by atoms with van der Waals surface area (Å²) in [5.74, 6) is 0.838. The molecular weight excluding hydrogens is 338 g/mol. The molecular formula is C22H25N3O2. The van der Waals surface area contributed by atoms with Crippen molar-refractivity contribution in [2.24, 2.45) is 0 Å². The Morgan fingerprint density at radius 1 is 1.19 bits per heavy atom. The number of hydrogen-bond acceptors (Lipinski definition) is 4. The van der Waals surface area contributed by atoms with Crippen LogP contribution in [-0.4, -0.2) is 48.1 Å². The highest BCUT2D eigenvalue weighted by molar-refractivity contribution is 5.65. The molecule has 1 atom stereocenters. The average Bonchev–Trinajstić information content (AvgIpc) is 3.39. The third-order valence-corrected chi connectivity index (χ3v) is 5.10. The van der Waals surface area contributed by atoms with Crippen LogP contribution in [0.15, 0.2) is 60.8 Å². The molecule has 1 aromatic heterocycles. The van der Waals surface area contributed by atoms with Gasteiger partial charge in [-0.15, -0.1) is 0 Å². The van der Waals surface area contributed by atoms with Gasteiger partial charge in [-0.2, -0.15) is 5.10 Å². The molecule has 1 saturated heterocycles. The Morgan fingerprint density at radius 2 is 2.04 bits per heavy atom. The zero-order valence-corrected chi connectivity index (χ0v) is 15.8. The fourth-order valence-electron chi connectivity index (χ4n) is 3.52. The molecule has 0 amide bonds. The first-order valence-electron chi connectivity index (χ1n) is 9.31. The Balaban J connectivity index is 1.71. The summed E-state index contributed by atoms with van der Waals surface area (Å²) in [4.78, 5) is 2.36. The molecule has 140 valence electrons. The van der Waals surface area contributed by atoms with Crippen LogP contribution in [0.4, 0.5) is 0 Å². The summed E-state index contributed by atoms with van der Waals surface area (Å²) < 4.78 is 12.9. The lowest BCUT2D eigenvalue weighted by atomic mass is 10.1. The Hall–Kier alpha value is -2.63. The van der Waals surface area contributed by atoms with Crippen LogP contribution in [0.1, 0.15) is 12.0 Å². The van der Waals surface area contributed by atoms with Crippen molar-refractivity contribution in [1.82, 2.24) is 14.7 Å². The van der Waals surface area contributed by atoms with E-state index < -0.39 is 0 Å². The Bertz CT molecular complexity index is 886. The number of hydrogen-bond donors (Lipinski definition) is 0. The second kappa shape index (κ2) is 7.94. The lowest BCUT2D eigenvalue weighted by Gasteiger charge is -2.22. The topological polar surface area (TPSA) is 39.5 Å². The number of nitrogens with zero attached hydrogens (tertiary/aromatic N) is 3. The molecule has 0 bridgehead atoms. The third-order valence-electron chi connectivity index (χ3n) is 5.10. The minimum absolute atomic E-state index is 0.461. The maximum absolute atomic E-state index is 5.56. The average molecular weight is 363 g/mol. The summed E-state index contributed by atoms with van der Waals surface area (Å²) in [5.41, 5.74) is 4.31. The van der Waals surface area contributed by atoms with Crippen LogP contribution in [0, 0.1) is 0 Å². The highest BCUT2D eigenvalue weighted by Crippen LogP contribution is 2.28. The molecule has 0 unspecified atom stereocenters. The first kappa shape index (κ1) is 17.8. The van der Waals surface area contributed by atoms with Gasteiger partial charge in [0.2, 0.25) is 0 Å². The second-order valence-electron chi connectivity index (χ2n) is 6.95. The van der Waals surface area contributed by atoms with Crippen molar-refractivity contribution >= 4 is 0 Å². The van der Waals surface area contributed by atoms with Crippen molar-refractivity contribution in [3.05, 3.63) is 66.4 Å². The molecule has 0 radical (unpaired) electrons. The van der Waals surface area contributed by atoms with E-state index in [1.54, 1.807) is 7.11 Å². The summed E-state index contributed by atoms with van der Waals surface area (Å²) >= 11 is 0. The molecule has 1 aliphatic heterocycles. The molecule has 3 aromatic rings. The van der Waals surface area contributed by atoms with Gasteiger partial charge in [0, 0.05) is 36.5 Å². The molecule has 4 rings (SSSR count). The van der Waals surface area contributed by atoms with Gasteiger partial charge in [0.1, 0.15) is 5.75 Å². The molecule has 0 saturated carbocycles. The third kappa shape index (κ3) is 3.89. The molecule has 2 aromatic carbocycles. The summed E-state index contributed by atoms with van der Waals surface area (Å²) in [7, 11) is 3.85. The predicted octanol–water partition coefficient (Wildman–Crippen LogP) is 3.77. The van der Waals surface area contributed by atoms with Crippen LogP contribution < -0.4 is 4.74 Å². The smallest absolute Gasteiger partial charge is 0.119 e. The highest BCUT2D eigenvalue weighted by Gasteiger charge is 2.22. The minimum atomic E-state index is 0.461. The first-order chi connectivity index (χ1) is 13.2. The second-order valence-corrected chi connectivity index (χ2v) is 6.95. The van der Waals surface area contributed by atoms with E-state index in [-0.39, 0.29) is 0 Å². The largest absolute Gasteiger partial charge is 0.497 e. The molecule has 1 fully saturated rings. The van der Waals surface area contributed by atoms with E-state index in [1.165, 1.54) is 5.56 Å². The molecule has 5 nitrogen and oxygen atoms in total. The lowest BCUT2D eigenvalue weighted by molar-refractivity contribution is 0.156. The van der Waals surface area contributed by atoms with Gasteiger partial charge in [-0.3, -0.25) is 4.90 Å². The monoisotopic (exact) mass is 363 g/mol. The van der Waals surface area contributed by atoms with Crippen LogP contribution in [0.25, 0.3) is 16.9 Å². The zero-order valence-electron chi connectivity index (χ0n) is 15.8. The summed E-state index contributed by atoms with van der Waals surface area (Å²) in [6.45, 7) is 2.48. The number of methoxy groups -OCH3 is 1. The van der Waals surface area contributed by atoms with Gasteiger partial charge >= 0.3 is 0 Å². The van der Waals surface area contributed by atoms with Gasteiger partial charge in [0.15, 0.2) is 0 Å². The van der Waals surface area contributed by atoms with E-state index in [0.29, 0.717) is 6.04 Å². The van der Waals surface area contributed by atoms with Crippen LogP contribution in [-0.2, 0) is 11.3 Å². The number of rotatable bonds is 6. The highest BCUT2D eigenvalue weighted by atomic mass is 16.5. The number of likely N-dealkylation sites (N-methyl/N-ethyl adjacent to an activating group) is 1. The van der Waals surface area contributed by atoms with Gasteiger partial charge in [-0.05, 0) is 37.7 Å². The van der Waals surface area contributed by atoms with Crippen molar-refractivity contribution in [2.75, 3.05) is 27.4 Å². The molecule has 1 aliphatic rings. The number of benzene rings is 2. The Labute approximate surface area is 160 Å². The van der Waals surface area contributed by atoms with E-state index in [4.69, 9.17) is 14.6 Å². The van der Waals surface area contributed by atoms with Gasteiger partial charge in [-0.1, -0.05) is 30.3 Å². The van der Waals surface area contributed by atoms with Gasteiger partial charge in [-0.25, -0.2) is 4.68 Å². The molecule has 0 N–H and O–H groups in total. The molecule has 2 heterocycles. The van der Waals surface area contributed by atoms with Crippen molar-refractivity contribution in [1.29, 1.82) is 0 Å². The van der Waals surface area contributed by atoms with Crippen LogP contribution in [0.3, 0.4) is 0 Å². The van der Waals surface area contributed by atoms with E-state index in [1.807, 2.05) is 41.1 Å². The van der Waals surface area contributed by atoms with Crippen LogP contribution >= 0.6 is 0 Å². The number of para-hydroxylation sites is 1. The maximum Gasteiger partial charge on any atom is 0.119 e. The fraction of sp³-hybridized carbons (Fsp3) is 0.318. The van der Waals surface area contributed by atoms with Crippen molar-refractivity contribution < 1.29 is 9.47 Å². The Morgan fingerprint density at radius 3 is 2.78 bits per heavy atom. The summed E-state index contributed by atoms with van der Waals surface area (Å²) in [5, 5.41) is 4.91. The van der Waals surface area contributed by atoms with Crippen molar-refractivity contribution in [3.8, 4) is 22.7 Å². The van der Waals surface area contributed by atoms with Crippen molar-refractivity contribution in [2.45, 2.75) is 19.0 Å². The SMILES string of the molecule is COc1cccc(-c2nn(-c3ccccc3)cc2CN(C)[C@@H]2CCOC2)c1. The molecule has 0 spiro atoms. The van der Waals surface area contributed by atoms with E-state index in [9.17, 15) is 0 Å². The van der Waals surface area contributed by atoms with E-state index in [0.717, 1.165) is 48.9 Å². The fourth-order valence-corrected chi connectivity index (χ4v) is 3.52. The van der Waals surface area contributed by atoms with Gasteiger partial charge in [0.05, 0.1) is 25.1 Å². The van der Waals surface area contributed by atoms with E-state index >= 15 is 0 Å². The lowest BCUT2D eigenvalue weighted by Crippen LogP contribution is -2.31. The quantitative estimate of drug-likeness (QED) is 0.668. The number of aromatic nitrogens is 2. The first-order valence-corrected chi connectivity index (χ1v) is 9.31. The molecule has 5 heteroatoms. The van der Waals surface area contributed by atoms with Gasteiger partial charge in [0.25, 0.3) is 0 Å². The molecule has 0 aliphatic carbocycles. The van der Waals surface area contributed by atoms with Crippen LogP contribution in [0.2, 0.25) is 0 Å². The normalized spacial score (nSPS) is 16.8. The summed E-state index contributed by atoms with van der Waals surface area (Å²) in [6.07, 6.45) is 3.22. The summed E-state index contributed by atoms with van der Waals surface area (Å²) in [6, 6.07) is 18.8. The van der Waals surface area contributed by atoms with Gasteiger partial charge < -0.3 is 9.47 Å². The van der Waals surface area contributed by atoms with Crippen molar-refractivity contribution in [3.63, 3.8) is 0 Å². The minimum Gasteiger partial charge on any atom is -0.497 e. The maximum atomic E-state index is 5.56. The van der Waals surface area contributed by atoms with Crippen LogP contribution in [0.5, 0.6) is 5.75 Å². The van der Waals surface area contributed by atoms with E-state index in [2.05, 4.69) is 36.3 Å². The standard InChI is InChI=1S/C22H25N3O2/c1-24(20-11-12-27-16-20)14-18-15-25(19-8-4-3-5-9-19)23-22(18)17-7-6-10-21(13-17)26-2/h3-10,13,15,20H,11-12,14,16H2,1-2H3/t20-/m1/s1. The predicted molar refractivity (Wildman–Crippen MR) is 106 cm³/mol.